The molecule has 1 atom stereocenters. The first-order valence-corrected chi connectivity index (χ1v) is 14.8. The van der Waals surface area contributed by atoms with Crippen LogP contribution in [0.1, 0.15) is 37.9 Å². The van der Waals surface area contributed by atoms with Crippen molar-refractivity contribution in [2.24, 2.45) is 4.99 Å². The number of aromatic nitrogens is 1. The van der Waals surface area contributed by atoms with Crippen molar-refractivity contribution in [2.45, 2.75) is 26.8 Å². The number of anilines is 1. The van der Waals surface area contributed by atoms with Crippen molar-refractivity contribution in [2.75, 3.05) is 32.3 Å². The third-order valence-electron chi connectivity index (χ3n) is 6.81. The average molecular weight is 691 g/mol. The largest absolute Gasteiger partial charge is 0.493 e. The highest BCUT2D eigenvalue weighted by Crippen LogP contribution is 2.41. The molecule has 1 amide bonds. The van der Waals surface area contributed by atoms with Gasteiger partial charge in [-0.15, -0.1) is 0 Å². The van der Waals surface area contributed by atoms with Crippen LogP contribution in [0.3, 0.4) is 0 Å². The van der Waals surface area contributed by atoms with Gasteiger partial charge in [0, 0.05) is 21.1 Å². The molecule has 3 aromatic rings. The SMILES string of the molecule is CCOC(=O)C1=C(C)N=c2s/c(=C3/C(=O)N(CC)c4ccc(Br)cc43)c(=O)n2[C@@H]1c1cc(OC)c(OC)cc1Br. The lowest BCUT2D eigenvalue weighted by Crippen LogP contribution is -2.41. The summed E-state index contributed by atoms with van der Waals surface area (Å²) >= 11 is 8.22. The van der Waals surface area contributed by atoms with Crippen LogP contribution >= 0.6 is 43.2 Å². The molecule has 2 aromatic carbocycles. The van der Waals surface area contributed by atoms with E-state index in [9.17, 15) is 14.4 Å². The molecule has 0 saturated carbocycles. The Morgan fingerprint density at radius 2 is 1.77 bits per heavy atom. The van der Waals surface area contributed by atoms with E-state index in [4.69, 9.17) is 14.2 Å². The molecule has 0 spiro atoms. The Morgan fingerprint density at radius 3 is 2.42 bits per heavy atom. The van der Waals surface area contributed by atoms with Gasteiger partial charge in [-0.3, -0.25) is 14.2 Å². The second kappa shape index (κ2) is 11.0. The van der Waals surface area contributed by atoms with Gasteiger partial charge in [0.15, 0.2) is 16.3 Å². The Hall–Kier alpha value is -3.22. The molecule has 0 radical (unpaired) electrons. The molecular formula is C28H25Br2N3O6S. The summed E-state index contributed by atoms with van der Waals surface area (Å²) in [5.41, 5.74) is 2.48. The predicted octanol–water partition coefficient (Wildman–Crippen LogP) is 4.08. The molecule has 1 aromatic heterocycles. The average Bonchev–Trinajstić information content (AvgIpc) is 3.38. The van der Waals surface area contributed by atoms with Gasteiger partial charge in [-0.1, -0.05) is 43.2 Å². The van der Waals surface area contributed by atoms with Crippen LogP contribution in [-0.2, 0) is 14.3 Å². The molecule has 9 nitrogen and oxygen atoms in total. The molecule has 2 aliphatic rings. The zero-order valence-corrected chi connectivity index (χ0v) is 26.3. The van der Waals surface area contributed by atoms with E-state index in [2.05, 4.69) is 36.9 Å². The van der Waals surface area contributed by atoms with Crippen molar-refractivity contribution in [3.05, 3.63) is 81.4 Å². The highest BCUT2D eigenvalue weighted by molar-refractivity contribution is 9.10. The Morgan fingerprint density at radius 1 is 1.07 bits per heavy atom. The highest BCUT2D eigenvalue weighted by Gasteiger charge is 2.38. The molecule has 0 aliphatic carbocycles. The molecule has 0 N–H and O–H groups in total. The molecule has 0 fully saturated rings. The first kappa shape index (κ1) is 28.3. The Kier molecular flexibility index (Phi) is 7.77. The summed E-state index contributed by atoms with van der Waals surface area (Å²) in [7, 11) is 3.04. The van der Waals surface area contributed by atoms with Gasteiger partial charge >= 0.3 is 5.97 Å². The van der Waals surface area contributed by atoms with Crippen LogP contribution < -0.4 is 29.3 Å². The lowest BCUT2D eigenvalue weighted by molar-refractivity contribution is -0.139. The fourth-order valence-corrected chi connectivity index (χ4v) is 7.09. The molecule has 0 unspecified atom stereocenters. The normalized spacial score (nSPS) is 17.4. The maximum atomic E-state index is 14.3. The summed E-state index contributed by atoms with van der Waals surface area (Å²) in [6.45, 7) is 5.91. The van der Waals surface area contributed by atoms with Crippen LogP contribution in [0.5, 0.6) is 11.5 Å². The van der Waals surface area contributed by atoms with E-state index in [-0.39, 0.29) is 22.6 Å². The Labute approximate surface area is 250 Å². The lowest BCUT2D eigenvalue weighted by Gasteiger charge is -2.26. The van der Waals surface area contributed by atoms with Gasteiger partial charge in [-0.25, -0.2) is 9.79 Å². The van der Waals surface area contributed by atoms with Crippen LogP contribution in [0.25, 0.3) is 5.57 Å². The first-order chi connectivity index (χ1) is 19.2. The van der Waals surface area contributed by atoms with Gasteiger partial charge in [0.1, 0.15) is 4.53 Å². The third kappa shape index (κ3) is 4.42. The van der Waals surface area contributed by atoms with Crippen molar-refractivity contribution < 1.29 is 23.8 Å². The third-order valence-corrected chi connectivity index (χ3v) is 9.04. The fourth-order valence-electron chi connectivity index (χ4n) is 5.05. The molecule has 208 valence electrons. The summed E-state index contributed by atoms with van der Waals surface area (Å²) in [6.07, 6.45) is 0. The van der Waals surface area contributed by atoms with Gasteiger partial charge in [-0.2, -0.15) is 0 Å². The monoisotopic (exact) mass is 689 g/mol. The fraction of sp³-hybridized carbons (Fsp3) is 0.286. The number of ether oxygens (including phenoxy) is 3. The molecule has 2 aliphatic heterocycles. The maximum Gasteiger partial charge on any atom is 0.338 e. The molecular weight excluding hydrogens is 666 g/mol. The van der Waals surface area contributed by atoms with Crippen LogP contribution in [0, 0.1) is 0 Å². The predicted molar refractivity (Wildman–Crippen MR) is 159 cm³/mol. The molecule has 0 saturated heterocycles. The molecule has 3 heterocycles. The minimum atomic E-state index is -0.903. The van der Waals surface area contributed by atoms with E-state index in [0.717, 1.165) is 21.5 Å². The van der Waals surface area contributed by atoms with Crippen molar-refractivity contribution in [3.63, 3.8) is 0 Å². The first-order valence-electron chi connectivity index (χ1n) is 12.4. The number of rotatable bonds is 6. The summed E-state index contributed by atoms with van der Waals surface area (Å²) in [5, 5.41) is 0. The number of carbonyl (C=O) groups is 2. The summed E-state index contributed by atoms with van der Waals surface area (Å²) < 4.78 is 19.5. The molecule has 5 rings (SSSR count). The number of amides is 1. The van der Waals surface area contributed by atoms with Gasteiger partial charge in [-0.05, 0) is 56.7 Å². The number of likely N-dealkylation sites (N-methyl/N-ethyl adjacent to an activating group) is 1. The standard InChI is InChI=1S/C28H25Br2N3O6S/c1-6-32-18-9-8-14(29)10-16(18)22(25(32)34)24-26(35)33-23(15-11-19(37-4)20(38-5)12-17(15)30)21(27(36)39-7-2)13(3)31-28(33)40-24/h8-12,23H,6-7H2,1-5H3/b24-22+/t23-/m1/s1. The van der Waals surface area contributed by atoms with E-state index >= 15 is 0 Å². The van der Waals surface area contributed by atoms with Gasteiger partial charge in [0.25, 0.3) is 11.5 Å². The van der Waals surface area contributed by atoms with E-state index < -0.39 is 17.6 Å². The van der Waals surface area contributed by atoms with Crippen LogP contribution in [0.2, 0.25) is 0 Å². The minimum absolute atomic E-state index is 0.150. The molecule has 40 heavy (non-hydrogen) atoms. The van der Waals surface area contributed by atoms with Gasteiger partial charge < -0.3 is 19.1 Å². The maximum absolute atomic E-state index is 14.3. The molecule has 12 heteroatoms. The zero-order chi connectivity index (χ0) is 28.9. The lowest BCUT2D eigenvalue weighted by atomic mass is 9.95. The van der Waals surface area contributed by atoms with E-state index in [1.54, 1.807) is 30.9 Å². The van der Waals surface area contributed by atoms with Crippen molar-refractivity contribution >= 4 is 66.3 Å². The number of thiazole rings is 1. The minimum Gasteiger partial charge on any atom is -0.493 e. The second-order valence-electron chi connectivity index (χ2n) is 8.94. The number of hydrogen-bond donors (Lipinski definition) is 0. The van der Waals surface area contributed by atoms with Crippen molar-refractivity contribution in [3.8, 4) is 11.5 Å². The van der Waals surface area contributed by atoms with E-state index in [0.29, 0.717) is 49.7 Å². The van der Waals surface area contributed by atoms with E-state index in [1.807, 2.05) is 25.1 Å². The quantitative estimate of drug-likeness (QED) is 0.362. The summed E-state index contributed by atoms with van der Waals surface area (Å²) in [6, 6.07) is 8.10. The number of nitrogens with zero attached hydrogens (tertiary/aromatic N) is 3. The van der Waals surface area contributed by atoms with Crippen molar-refractivity contribution in [1.82, 2.24) is 4.57 Å². The number of fused-ring (bicyclic) bond motifs is 2. The highest BCUT2D eigenvalue weighted by atomic mass is 79.9. The smallest absolute Gasteiger partial charge is 0.338 e. The Bertz CT molecular complexity index is 1790. The number of benzene rings is 2. The molecule has 0 bridgehead atoms. The zero-order valence-electron chi connectivity index (χ0n) is 22.3. The number of carbonyl (C=O) groups excluding carboxylic acids is 2. The van der Waals surface area contributed by atoms with Crippen LogP contribution in [0.15, 0.2) is 60.3 Å². The number of methoxy groups -OCH3 is 2. The topological polar surface area (TPSA) is 99.4 Å². The summed E-state index contributed by atoms with van der Waals surface area (Å²) in [5.74, 6) is 0.0548. The Balaban J connectivity index is 1.87. The summed E-state index contributed by atoms with van der Waals surface area (Å²) in [4.78, 5) is 47.9. The second-order valence-corrected chi connectivity index (χ2v) is 11.7. The number of halogens is 2. The van der Waals surface area contributed by atoms with E-state index in [1.165, 1.54) is 18.8 Å². The van der Waals surface area contributed by atoms with Gasteiger partial charge in [0.05, 0.1) is 49.4 Å². The number of hydrogen-bond acceptors (Lipinski definition) is 8. The number of esters is 1. The van der Waals surface area contributed by atoms with Crippen molar-refractivity contribution in [1.29, 1.82) is 0 Å². The number of allylic oxidation sites excluding steroid dienone is 1. The van der Waals surface area contributed by atoms with Crippen LogP contribution in [-0.4, -0.2) is 43.8 Å². The van der Waals surface area contributed by atoms with Crippen LogP contribution in [0.4, 0.5) is 5.69 Å². The van der Waals surface area contributed by atoms with Gasteiger partial charge in [0.2, 0.25) is 0 Å².